The number of nitrogens with one attached hydrogen (secondary N) is 5. The molecule has 4 atom stereocenters. The number of aromatic nitrogens is 2. The smallest absolute Gasteiger partial charge is 0.249 e. The molecule has 2 fully saturated rings. The first-order chi connectivity index (χ1) is 22.9. The molecule has 2 aromatic carbocycles. The van der Waals surface area contributed by atoms with Crippen molar-refractivity contribution in [1.82, 2.24) is 31.2 Å². The van der Waals surface area contributed by atoms with Gasteiger partial charge in [0.05, 0.1) is 36.5 Å². The molecule has 3 heterocycles. The largest absolute Gasteiger partial charge is 0.488 e. The van der Waals surface area contributed by atoms with Gasteiger partial charge in [0.1, 0.15) is 40.9 Å². The number of likely N-dealkylation sites (N-methyl/N-ethyl adjacent to an activating group) is 1. The lowest BCUT2D eigenvalue weighted by molar-refractivity contribution is -0.137. The van der Waals surface area contributed by atoms with Crippen LogP contribution in [0.15, 0.2) is 30.6 Å². The summed E-state index contributed by atoms with van der Waals surface area (Å²) in [6.07, 6.45) is 3.34. The lowest BCUT2D eigenvalue weighted by Gasteiger charge is -2.35. The first kappa shape index (κ1) is 38.1. The van der Waals surface area contributed by atoms with Crippen LogP contribution in [0.4, 0.5) is 20.3 Å². The van der Waals surface area contributed by atoms with Gasteiger partial charge in [-0.25, -0.2) is 18.7 Å². The van der Waals surface area contributed by atoms with Gasteiger partial charge in [-0.1, -0.05) is 25.4 Å². The van der Waals surface area contributed by atoms with E-state index in [1.807, 2.05) is 13.8 Å². The van der Waals surface area contributed by atoms with E-state index in [2.05, 4.69) is 36.6 Å². The number of amides is 3. The van der Waals surface area contributed by atoms with Crippen LogP contribution in [0.5, 0.6) is 5.75 Å². The molecule has 0 bridgehead atoms. The van der Waals surface area contributed by atoms with Gasteiger partial charge >= 0.3 is 0 Å². The molecule has 0 aliphatic carbocycles. The Morgan fingerprint density at radius 2 is 1.94 bits per heavy atom. The third-order valence-electron chi connectivity index (χ3n) is 8.71. The fourth-order valence-corrected chi connectivity index (χ4v) is 5.97. The summed E-state index contributed by atoms with van der Waals surface area (Å²) in [5.41, 5.74) is 0.0178. The number of carbonyl (C=O) groups is 3. The van der Waals surface area contributed by atoms with Crippen LogP contribution >= 0.6 is 24.0 Å². The monoisotopic (exact) mass is 723 g/mol. The zero-order chi connectivity index (χ0) is 34.6. The van der Waals surface area contributed by atoms with Crippen LogP contribution in [0.3, 0.4) is 0 Å². The number of hydrogen-bond acceptors (Lipinski definition) is 10. The SMILES string of the molecule is CN[C@@H](C)C(=O)N[C@H](C(=O)NC(=O)[C@@H]1CCCN1)C(C)(C)Cc1cc2c(Nc3ccc(F)c(Cl)c3F)ncnc2cc1O[C@H]1CCOC1.Cl. The van der Waals surface area contributed by atoms with Crippen molar-refractivity contribution in [3.8, 4) is 5.75 Å². The average molecular weight is 725 g/mol. The van der Waals surface area contributed by atoms with Gasteiger partial charge in [0.25, 0.3) is 0 Å². The summed E-state index contributed by atoms with van der Waals surface area (Å²) in [5, 5.41) is 14.0. The van der Waals surface area contributed by atoms with E-state index in [0.29, 0.717) is 54.8 Å². The number of carbonyl (C=O) groups excluding carboxylic acids is 3. The molecule has 49 heavy (non-hydrogen) atoms. The maximum Gasteiger partial charge on any atom is 0.249 e. The second kappa shape index (κ2) is 16.3. The van der Waals surface area contributed by atoms with Gasteiger partial charge in [-0.3, -0.25) is 19.7 Å². The number of imide groups is 1. The molecule has 1 aromatic heterocycles. The molecule has 0 spiro atoms. The van der Waals surface area contributed by atoms with Gasteiger partial charge in [0.15, 0.2) is 5.82 Å². The van der Waals surface area contributed by atoms with Crippen molar-refractivity contribution in [1.29, 1.82) is 0 Å². The van der Waals surface area contributed by atoms with E-state index in [1.54, 1.807) is 26.1 Å². The summed E-state index contributed by atoms with van der Waals surface area (Å²) >= 11 is 5.81. The summed E-state index contributed by atoms with van der Waals surface area (Å²) in [7, 11) is 1.63. The number of rotatable bonds is 12. The van der Waals surface area contributed by atoms with Crippen LogP contribution in [0.2, 0.25) is 5.02 Å². The number of halogens is 4. The van der Waals surface area contributed by atoms with Gasteiger partial charge in [0.2, 0.25) is 17.7 Å². The van der Waals surface area contributed by atoms with Crippen molar-refractivity contribution in [2.24, 2.45) is 5.41 Å². The predicted octanol–water partition coefficient (Wildman–Crippen LogP) is 3.95. The Morgan fingerprint density at radius 1 is 1.16 bits per heavy atom. The Labute approximate surface area is 294 Å². The van der Waals surface area contributed by atoms with E-state index >= 15 is 0 Å². The minimum atomic E-state index is -1.13. The molecule has 0 saturated carbocycles. The van der Waals surface area contributed by atoms with Crippen LogP contribution in [0, 0.1) is 17.0 Å². The van der Waals surface area contributed by atoms with E-state index in [1.165, 1.54) is 12.4 Å². The summed E-state index contributed by atoms with van der Waals surface area (Å²) in [4.78, 5) is 48.5. The van der Waals surface area contributed by atoms with Gasteiger partial charge < -0.3 is 30.7 Å². The Balaban J connectivity index is 0.00000541. The molecule has 5 rings (SSSR count). The number of fused-ring (bicyclic) bond motifs is 1. The maximum absolute atomic E-state index is 14.9. The number of benzene rings is 2. The van der Waals surface area contributed by atoms with Crippen molar-refractivity contribution >= 4 is 64.1 Å². The van der Waals surface area contributed by atoms with Crippen LogP contribution in [0.1, 0.15) is 45.6 Å². The van der Waals surface area contributed by atoms with E-state index in [9.17, 15) is 23.2 Å². The minimum Gasteiger partial charge on any atom is -0.488 e. The molecule has 2 aliphatic heterocycles. The van der Waals surface area contributed by atoms with Crippen LogP contribution in [0.25, 0.3) is 10.9 Å². The Kier molecular flexibility index (Phi) is 12.7. The molecular weight excluding hydrogens is 683 g/mol. The fraction of sp³-hybridized carbons (Fsp3) is 0.485. The number of anilines is 2. The van der Waals surface area contributed by atoms with Gasteiger partial charge in [-0.2, -0.15) is 0 Å². The van der Waals surface area contributed by atoms with Crippen molar-refractivity contribution in [3.05, 3.63) is 52.8 Å². The molecule has 266 valence electrons. The third kappa shape index (κ3) is 8.92. The zero-order valence-electron chi connectivity index (χ0n) is 27.6. The summed E-state index contributed by atoms with van der Waals surface area (Å²) < 4.78 is 40.6. The predicted molar refractivity (Wildman–Crippen MR) is 183 cm³/mol. The Hall–Kier alpha value is -3.69. The second-order valence-electron chi connectivity index (χ2n) is 12.8. The highest BCUT2D eigenvalue weighted by Gasteiger charge is 2.40. The number of hydrogen-bond donors (Lipinski definition) is 5. The van der Waals surface area contributed by atoms with Gasteiger partial charge in [-0.05, 0) is 69.0 Å². The lowest BCUT2D eigenvalue weighted by atomic mass is 9.77. The number of ether oxygens (including phenoxy) is 2. The molecule has 12 nitrogen and oxygen atoms in total. The van der Waals surface area contributed by atoms with Gasteiger partial charge in [0, 0.05) is 17.9 Å². The molecular formula is C33H41Cl2F2N7O5. The zero-order valence-corrected chi connectivity index (χ0v) is 29.2. The molecule has 16 heteroatoms. The van der Waals surface area contributed by atoms with Crippen molar-refractivity contribution in [2.75, 3.05) is 32.1 Å². The van der Waals surface area contributed by atoms with Crippen molar-refractivity contribution in [2.45, 2.75) is 70.7 Å². The minimum absolute atomic E-state index is 0. The topological polar surface area (TPSA) is 156 Å². The second-order valence-corrected chi connectivity index (χ2v) is 13.1. The summed E-state index contributed by atoms with van der Waals surface area (Å²) in [6, 6.07) is 3.52. The van der Waals surface area contributed by atoms with Gasteiger partial charge in [-0.15, -0.1) is 12.4 Å². The highest BCUT2D eigenvalue weighted by Crippen LogP contribution is 2.37. The lowest BCUT2D eigenvalue weighted by Crippen LogP contribution is -2.59. The molecule has 0 unspecified atom stereocenters. The standard InChI is InChI=1S/C33H40ClF2N7O5.ClH/c1-17(37-4)30(44)42-28(32(46)43-31(45)23-6-5-10-38-23)33(2,3)14-18-12-20-24(13-25(18)48-19-9-11-47-15-19)39-16-40-29(20)41-22-8-7-21(35)26(34)27(22)36;/h7-8,12-13,16-17,19,23,28,37-38H,5-6,9-11,14-15H2,1-4H3,(H,42,44)(H,39,40,41)(H,43,45,46);1H/t17-,19-,23-,28+;/m0./s1. The van der Waals surface area contributed by atoms with Crippen LogP contribution in [-0.2, 0) is 25.5 Å². The molecule has 0 radical (unpaired) electrons. The molecule has 3 amide bonds. The molecule has 5 N–H and O–H groups in total. The van der Waals surface area contributed by atoms with E-state index in [4.69, 9.17) is 21.1 Å². The van der Waals surface area contributed by atoms with E-state index in [-0.39, 0.29) is 36.4 Å². The third-order valence-corrected chi connectivity index (χ3v) is 9.06. The highest BCUT2D eigenvalue weighted by molar-refractivity contribution is 6.31. The summed E-state index contributed by atoms with van der Waals surface area (Å²) in [6.45, 7) is 6.89. The van der Waals surface area contributed by atoms with Crippen LogP contribution < -0.4 is 31.3 Å². The van der Waals surface area contributed by atoms with Crippen LogP contribution in [-0.4, -0.2) is 78.7 Å². The summed E-state index contributed by atoms with van der Waals surface area (Å²) in [5.74, 6) is -2.69. The molecule has 3 aromatic rings. The molecule has 2 saturated heterocycles. The van der Waals surface area contributed by atoms with Crippen molar-refractivity contribution < 1.29 is 32.6 Å². The van der Waals surface area contributed by atoms with E-state index < -0.39 is 57.9 Å². The Morgan fingerprint density at radius 3 is 2.61 bits per heavy atom. The fourth-order valence-electron chi connectivity index (χ4n) is 5.81. The first-order valence-electron chi connectivity index (χ1n) is 15.9. The maximum atomic E-state index is 14.9. The van der Waals surface area contributed by atoms with E-state index in [0.717, 1.165) is 12.5 Å². The molecule has 2 aliphatic rings. The normalized spacial score (nSPS) is 18.8. The Bertz CT molecular complexity index is 1690. The van der Waals surface area contributed by atoms with Crippen molar-refractivity contribution in [3.63, 3.8) is 0 Å². The average Bonchev–Trinajstić information content (AvgIpc) is 3.79. The quantitative estimate of drug-likeness (QED) is 0.174. The highest BCUT2D eigenvalue weighted by atomic mass is 35.5. The first-order valence-corrected chi connectivity index (χ1v) is 16.2. The number of nitrogens with zero attached hydrogens (tertiary/aromatic N) is 2.